The number of hydrogen-bond donors (Lipinski definition) is 1. The maximum absolute atomic E-state index is 9.64. The summed E-state index contributed by atoms with van der Waals surface area (Å²) < 4.78 is 5.23. The molecule has 0 aromatic carbocycles. The summed E-state index contributed by atoms with van der Waals surface area (Å²) >= 11 is 3.29. The minimum Gasteiger partial charge on any atom is -0.392 e. The predicted molar refractivity (Wildman–Crippen MR) is 48.0 cm³/mol. The number of rotatable bonds is 2. The first-order valence-electron chi connectivity index (χ1n) is 4.01. The summed E-state index contributed by atoms with van der Waals surface area (Å²) in [7, 11) is 0. The molecule has 0 bridgehead atoms. The highest BCUT2D eigenvalue weighted by Crippen LogP contribution is 2.34. The summed E-state index contributed by atoms with van der Waals surface area (Å²) in [6, 6.07) is 0. The summed E-state index contributed by atoms with van der Waals surface area (Å²) in [6.07, 6.45) is 1.71. The second-order valence-corrected chi connectivity index (χ2v) is 4.08. The normalized spacial score (nSPS) is 26.5. The second-order valence-electron chi connectivity index (χ2n) is 3.44. The fourth-order valence-corrected chi connectivity index (χ4v) is 2.14. The molecule has 2 nitrogen and oxygen atoms in total. The summed E-state index contributed by atoms with van der Waals surface area (Å²) in [6.45, 7) is 3.71. The molecular weight excluding hydrogens is 208 g/mol. The van der Waals surface area contributed by atoms with Crippen LogP contribution in [0.1, 0.15) is 19.8 Å². The molecule has 3 heteroatoms. The van der Waals surface area contributed by atoms with Gasteiger partial charge in [0.1, 0.15) is 0 Å². The average molecular weight is 223 g/mol. The van der Waals surface area contributed by atoms with E-state index in [9.17, 15) is 5.11 Å². The van der Waals surface area contributed by atoms with Gasteiger partial charge in [-0.25, -0.2) is 0 Å². The van der Waals surface area contributed by atoms with Gasteiger partial charge >= 0.3 is 0 Å². The highest BCUT2D eigenvalue weighted by atomic mass is 79.9. The zero-order valence-corrected chi connectivity index (χ0v) is 8.43. The zero-order chi connectivity index (χ0) is 8.32. The molecule has 0 spiro atoms. The number of hydrogen-bond acceptors (Lipinski definition) is 2. The van der Waals surface area contributed by atoms with Gasteiger partial charge in [-0.2, -0.15) is 0 Å². The first-order valence-corrected chi connectivity index (χ1v) is 5.13. The molecule has 0 amide bonds. The average Bonchev–Trinajstić information content (AvgIpc) is 2.04. The lowest BCUT2D eigenvalue weighted by atomic mass is 9.78. The van der Waals surface area contributed by atoms with Crippen LogP contribution < -0.4 is 0 Å². The minimum absolute atomic E-state index is 0.0712. The number of ether oxygens (including phenoxy) is 1. The molecule has 0 aromatic rings. The van der Waals surface area contributed by atoms with E-state index in [1.165, 1.54) is 0 Å². The summed E-state index contributed by atoms with van der Waals surface area (Å²) in [5, 5.41) is 10.3. The van der Waals surface area contributed by atoms with Crippen molar-refractivity contribution in [1.82, 2.24) is 0 Å². The molecule has 1 aliphatic rings. The molecular formula is C8H15BrO2. The Balaban J connectivity index is 2.49. The molecule has 1 fully saturated rings. The van der Waals surface area contributed by atoms with Crippen LogP contribution in [0.15, 0.2) is 0 Å². The highest BCUT2D eigenvalue weighted by Gasteiger charge is 2.33. The number of aliphatic hydroxyl groups excluding tert-OH is 1. The van der Waals surface area contributed by atoms with Crippen molar-refractivity contribution in [2.24, 2.45) is 5.41 Å². The van der Waals surface area contributed by atoms with Gasteiger partial charge < -0.3 is 9.84 Å². The Morgan fingerprint density at radius 2 is 2.09 bits per heavy atom. The fraction of sp³-hybridized carbons (Fsp3) is 1.00. The lowest BCUT2D eigenvalue weighted by molar-refractivity contribution is -0.0408. The van der Waals surface area contributed by atoms with Gasteiger partial charge in [0, 0.05) is 18.5 Å². The number of aliphatic hydroxyl groups is 1. The maximum Gasteiger partial charge on any atom is 0.0692 e. The molecule has 1 unspecified atom stereocenters. The Morgan fingerprint density at radius 1 is 1.55 bits per heavy atom. The van der Waals surface area contributed by atoms with E-state index in [2.05, 4.69) is 22.9 Å². The van der Waals surface area contributed by atoms with E-state index in [4.69, 9.17) is 4.74 Å². The molecule has 1 rings (SSSR count). The van der Waals surface area contributed by atoms with Crippen molar-refractivity contribution in [2.75, 3.05) is 18.5 Å². The van der Waals surface area contributed by atoms with Crippen LogP contribution in [0, 0.1) is 5.41 Å². The van der Waals surface area contributed by atoms with Crippen molar-refractivity contribution in [2.45, 2.75) is 25.9 Å². The van der Waals surface area contributed by atoms with Gasteiger partial charge in [0.05, 0.1) is 6.10 Å². The quantitative estimate of drug-likeness (QED) is 0.720. The lowest BCUT2D eigenvalue weighted by Gasteiger charge is -2.36. The van der Waals surface area contributed by atoms with E-state index >= 15 is 0 Å². The van der Waals surface area contributed by atoms with Crippen molar-refractivity contribution in [3.63, 3.8) is 0 Å². The summed E-state index contributed by atoms with van der Waals surface area (Å²) in [5.74, 6) is 0. The molecule has 11 heavy (non-hydrogen) atoms. The van der Waals surface area contributed by atoms with Crippen molar-refractivity contribution >= 4 is 15.9 Å². The van der Waals surface area contributed by atoms with Gasteiger partial charge in [-0.15, -0.1) is 0 Å². The maximum atomic E-state index is 9.64. The van der Waals surface area contributed by atoms with Crippen LogP contribution in [0.3, 0.4) is 0 Å². The number of alkyl halides is 1. The first-order chi connectivity index (χ1) is 5.19. The summed E-state index contributed by atoms with van der Waals surface area (Å²) in [5.41, 5.74) is 0.0712. The smallest absolute Gasteiger partial charge is 0.0692 e. The molecule has 1 atom stereocenters. The van der Waals surface area contributed by atoms with Crippen LogP contribution in [-0.4, -0.2) is 29.8 Å². The predicted octanol–water partition coefficient (Wildman–Crippen LogP) is 1.56. The molecule has 0 saturated carbocycles. The summed E-state index contributed by atoms with van der Waals surface area (Å²) in [4.78, 5) is 0. The van der Waals surface area contributed by atoms with E-state index in [0.717, 1.165) is 26.1 Å². The second kappa shape index (κ2) is 3.87. The SMILES string of the molecule is CC1(C(O)CBr)CCOCC1. The third kappa shape index (κ3) is 2.17. The Morgan fingerprint density at radius 3 is 2.55 bits per heavy atom. The molecule has 0 aliphatic carbocycles. The van der Waals surface area contributed by atoms with Crippen LogP contribution in [0.2, 0.25) is 0 Å². The van der Waals surface area contributed by atoms with Crippen molar-refractivity contribution < 1.29 is 9.84 Å². The first kappa shape index (κ1) is 9.49. The third-order valence-electron chi connectivity index (χ3n) is 2.59. The zero-order valence-electron chi connectivity index (χ0n) is 6.85. The van der Waals surface area contributed by atoms with Crippen LogP contribution in [-0.2, 0) is 4.74 Å². The van der Waals surface area contributed by atoms with E-state index < -0.39 is 0 Å². The van der Waals surface area contributed by atoms with Gasteiger partial charge in [-0.1, -0.05) is 22.9 Å². The van der Waals surface area contributed by atoms with Crippen LogP contribution in [0.5, 0.6) is 0 Å². The van der Waals surface area contributed by atoms with Crippen LogP contribution >= 0.6 is 15.9 Å². The minimum atomic E-state index is -0.230. The Hall–Kier alpha value is 0.400. The van der Waals surface area contributed by atoms with Crippen molar-refractivity contribution in [1.29, 1.82) is 0 Å². The lowest BCUT2D eigenvalue weighted by Crippen LogP contribution is -2.38. The van der Waals surface area contributed by atoms with Gasteiger partial charge in [0.25, 0.3) is 0 Å². The van der Waals surface area contributed by atoms with Crippen LogP contribution in [0.4, 0.5) is 0 Å². The molecule has 1 N–H and O–H groups in total. The van der Waals surface area contributed by atoms with Gasteiger partial charge in [0.15, 0.2) is 0 Å². The van der Waals surface area contributed by atoms with Gasteiger partial charge in [0.2, 0.25) is 0 Å². The monoisotopic (exact) mass is 222 g/mol. The molecule has 0 aromatic heterocycles. The third-order valence-corrected chi connectivity index (χ3v) is 3.20. The highest BCUT2D eigenvalue weighted by molar-refractivity contribution is 9.09. The fourth-order valence-electron chi connectivity index (χ4n) is 1.36. The van der Waals surface area contributed by atoms with Gasteiger partial charge in [-0.05, 0) is 18.3 Å². The van der Waals surface area contributed by atoms with Crippen molar-refractivity contribution in [3.05, 3.63) is 0 Å². The molecule has 1 saturated heterocycles. The molecule has 66 valence electrons. The Labute approximate surface area is 76.1 Å². The molecule has 0 radical (unpaired) electrons. The Bertz CT molecular complexity index is 121. The standard InChI is InChI=1S/C8H15BrO2/c1-8(7(10)6-9)2-4-11-5-3-8/h7,10H,2-6H2,1H3. The molecule has 1 aliphatic heterocycles. The van der Waals surface area contributed by atoms with E-state index in [0.29, 0.717) is 5.33 Å². The molecule has 1 heterocycles. The van der Waals surface area contributed by atoms with E-state index in [1.54, 1.807) is 0 Å². The van der Waals surface area contributed by atoms with E-state index in [1.807, 2.05) is 0 Å². The van der Waals surface area contributed by atoms with Crippen LogP contribution in [0.25, 0.3) is 0 Å². The Kier molecular flexibility index (Phi) is 3.34. The van der Waals surface area contributed by atoms with Crippen molar-refractivity contribution in [3.8, 4) is 0 Å². The van der Waals surface area contributed by atoms with Gasteiger partial charge in [-0.3, -0.25) is 0 Å². The van der Waals surface area contributed by atoms with E-state index in [-0.39, 0.29) is 11.5 Å². The largest absolute Gasteiger partial charge is 0.392 e. The number of halogens is 1. The topological polar surface area (TPSA) is 29.5 Å².